The largest absolute Gasteiger partial charge is 0.490 e. The molecule has 2 rings (SSSR count). The van der Waals surface area contributed by atoms with E-state index in [-0.39, 0.29) is 12.0 Å². The number of halogens is 1. The first kappa shape index (κ1) is 16.8. The molecule has 0 fully saturated rings. The molecule has 1 aromatic carbocycles. The van der Waals surface area contributed by atoms with Crippen LogP contribution in [0.3, 0.4) is 0 Å². The van der Waals surface area contributed by atoms with Crippen LogP contribution >= 0.6 is 15.9 Å². The van der Waals surface area contributed by atoms with Crippen molar-refractivity contribution in [2.24, 2.45) is 0 Å². The standard InChI is InChI=1S/C16H20BrNO4/c1-10(2)21-13-7-11(16(19)18-5-4-6-20-3)8-14-12(13)9-15(17)22-14/h7-10H,4-6H2,1-3H3,(H,18,19). The summed E-state index contributed by atoms with van der Waals surface area (Å²) < 4.78 is 16.9. The molecular weight excluding hydrogens is 350 g/mol. The first-order chi connectivity index (χ1) is 10.5. The summed E-state index contributed by atoms with van der Waals surface area (Å²) in [6.45, 7) is 5.07. The molecule has 120 valence electrons. The van der Waals surface area contributed by atoms with E-state index < -0.39 is 0 Å². The summed E-state index contributed by atoms with van der Waals surface area (Å²) in [4.78, 5) is 12.2. The third-order valence-electron chi connectivity index (χ3n) is 3.01. The van der Waals surface area contributed by atoms with Gasteiger partial charge in [0.25, 0.3) is 5.91 Å². The van der Waals surface area contributed by atoms with E-state index in [0.29, 0.717) is 34.7 Å². The van der Waals surface area contributed by atoms with E-state index in [2.05, 4.69) is 21.2 Å². The molecule has 0 aliphatic rings. The highest BCUT2D eigenvalue weighted by atomic mass is 79.9. The predicted molar refractivity (Wildman–Crippen MR) is 88.5 cm³/mol. The zero-order valence-electron chi connectivity index (χ0n) is 12.9. The van der Waals surface area contributed by atoms with Crippen LogP contribution in [0.4, 0.5) is 0 Å². The van der Waals surface area contributed by atoms with Gasteiger partial charge >= 0.3 is 0 Å². The minimum atomic E-state index is -0.154. The van der Waals surface area contributed by atoms with Gasteiger partial charge < -0.3 is 19.2 Å². The fourth-order valence-electron chi connectivity index (χ4n) is 2.08. The molecule has 0 spiro atoms. The van der Waals surface area contributed by atoms with Crippen molar-refractivity contribution in [2.75, 3.05) is 20.3 Å². The van der Waals surface area contributed by atoms with Gasteiger partial charge in [0.1, 0.15) is 11.3 Å². The molecule has 0 aliphatic carbocycles. The predicted octanol–water partition coefficient (Wildman–Crippen LogP) is 3.75. The van der Waals surface area contributed by atoms with Crippen molar-refractivity contribution in [1.29, 1.82) is 0 Å². The molecule has 2 aromatic rings. The second-order valence-electron chi connectivity index (χ2n) is 5.21. The Morgan fingerprint density at radius 2 is 2.14 bits per heavy atom. The molecule has 1 heterocycles. The lowest BCUT2D eigenvalue weighted by atomic mass is 10.1. The van der Waals surface area contributed by atoms with Crippen LogP contribution in [0.5, 0.6) is 5.75 Å². The monoisotopic (exact) mass is 369 g/mol. The second kappa shape index (κ2) is 7.65. The molecule has 0 saturated heterocycles. The number of carbonyl (C=O) groups excluding carboxylic acids is 1. The Morgan fingerprint density at radius 1 is 1.36 bits per heavy atom. The van der Waals surface area contributed by atoms with Crippen LogP contribution in [0.1, 0.15) is 30.6 Å². The van der Waals surface area contributed by atoms with Gasteiger partial charge in [-0.25, -0.2) is 0 Å². The van der Waals surface area contributed by atoms with E-state index in [4.69, 9.17) is 13.9 Å². The van der Waals surface area contributed by atoms with Gasteiger partial charge in [0.2, 0.25) is 0 Å². The van der Waals surface area contributed by atoms with Crippen molar-refractivity contribution in [1.82, 2.24) is 5.32 Å². The molecule has 0 radical (unpaired) electrons. The van der Waals surface area contributed by atoms with Crippen molar-refractivity contribution in [3.8, 4) is 5.75 Å². The summed E-state index contributed by atoms with van der Waals surface area (Å²) in [6.07, 6.45) is 0.781. The van der Waals surface area contributed by atoms with E-state index >= 15 is 0 Å². The van der Waals surface area contributed by atoms with Gasteiger partial charge in [0.15, 0.2) is 4.67 Å². The molecule has 0 saturated carbocycles. The number of rotatable bonds is 7. The first-order valence-corrected chi connectivity index (χ1v) is 7.97. The number of hydrogen-bond acceptors (Lipinski definition) is 4. The van der Waals surface area contributed by atoms with Crippen molar-refractivity contribution in [3.63, 3.8) is 0 Å². The average molecular weight is 370 g/mol. The van der Waals surface area contributed by atoms with Gasteiger partial charge in [-0.05, 0) is 48.3 Å². The molecule has 6 heteroatoms. The van der Waals surface area contributed by atoms with Gasteiger partial charge in [-0.15, -0.1) is 0 Å². The summed E-state index contributed by atoms with van der Waals surface area (Å²) in [5, 5.41) is 3.70. The zero-order chi connectivity index (χ0) is 16.1. The summed E-state index contributed by atoms with van der Waals surface area (Å²) in [5.41, 5.74) is 1.13. The third kappa shape index (κ3) is 4.24. The number of carbonyl (C=O) groups is 1. The summed E-state index contributed by atoms with van der Waals surface area (Å²) in [7, 11) is 1.64. The molecule has 1 amide bonds. The van der Waals surface area contributed by atoms with Gasteiger partial charge in [-0.2, -0.15) is 0 Å². The van der Waals surface area contributed by atoms with Crippen LogP contribution in [0.25, 0.3) is 11.0 Å². The van der Waals surface area contributed by atoms with Crippen molar-refractivity contribution in [2.45, 2.75) is 26.4 Å². The Morgan fingerprint density at radius 3 is 2.82 bits per heavy atom. The number of amides is 1. The van der Waals surface area contributed by atoms with Crippen molar-refractivity contribution in [3.05, 3.63) is 28.4 Å². The number of fused-ring (bicyclic) bond motifs is 1. The van der Waals surface area contributed by atoms with Crippen LogP contribution in [0.2, 0.25) is 0 Å². The number of methoxy groups -OCH3 is 1. The van der Waals surface area contributed by atoms with E-state index in [0.717, 1.165) is 11.8 Å². The van der Waals surface area contributed by atoms with E-state index in [9.17, 15) is 4.79 Å². The highest BCUT2D eigenvalue weighted by Crippen LogP contribution is 2.33. The zero-order valence-corrected chi connectivity index (χ0v) is 14.5. The maximum atomic E-state index is 12.2. The normalized spacial score (nSPS) is 11.1. The lowest BCUT2D eigenvalue weighted by Gasteiger charge is -2.12. The minimum absolute atomic E-state index is 0.0110. The molecule has 0 bridgehead atoms. The van der Waals surface area contributed by atoms with Crippen LogP contribution < -0.4 is 10.1 Å². The lowest BCUT2D eigenvalue weighted by molar-refractivity contribution is 0.0948. The maximum absolute atomic E-state index is 12.2. The molecule has 1 N–H and O–H groups in total. The van der Waals surface area contributed by atoms with Gasteiger partial charge in [0, 0.05) is 31.9 Å². The van der Waals surface area contributed by atoms with Crippen molar-refractivity contribution >= 4 is 32.8 Å². The number of benzene rings is 1. The first-order valence-electron chi connectivity index (χ1n) is 7.18. The molecule has 0 unspecified atom stereocenters. The van der Waals surface area contributed by atoms with Crippen LogP contribution in [0, 0.1) is 0 Å². The third-order valence-corrected chi connectivity index (χ3v) is 3.40. The smallest absolute Gasteiger partial charge is 0.251 e. The van der Waals surface area contributed by atoms with Gasteiger partial charge in [0.05, 0.1) is 11.5 Å². The fraction of sp³-hybridized carbons (Fsp3) is 0.438. The summed E-state index contributed by atoms with van der Waals surface area (Å²) in [6, 6.07) is 5.31. The molecule has 1 aromatic heterocycles. The van der Waals surface area contributed by atoms with E-state index in [1.54, 1.807) is 19.2 Å². The summed E-state index contributed by atoms with van der Waals surface area (Å²) >= 11 is 3.31. The molecule has 22 heavy (non-hydrogen) atoms. The lowest BCUT2D eigenvalue weighted by Crippen LogP contribution is -2.25. The minimum Gasteiger partial charge on any atom is -0.490 e. The molecular formula is C16H20BrNO4. The van der Waals surface area contributed by atoms with Gasteiger partial charge in [-0.3, -0.25) is 4.79 Å². The SMILES string of the molecule is COCCCNC(=O)c1cc(OC(C)C)c2cc(Br)oc2c1. The number of nitrogens with one attached hydrogen (secondary N) is 1. The van der Waals surface area contributed by atoms with Crippen LogP contribution in [-0.2, 0) is 4.74 Å². The Kier molecular flexibility index (Phi) is 5.85. The highest BCUT2D eigenvalue weighted by molar-refractivity contribution is 9.10. The Hall–Kier alpha value is -1.53. The number of furan rings is 1. The van der Waals surface area contributed by atoms with Crippen molar-refractivity contribution < 1.29 is 18.7 Å². The second-order valence-corrected chi connectivity index (χ2v) is 5.99. The van der Waals surface area contributed by atoms with Crippen LogP contribution in [-0.4, -0.2) is 32.3 Å². The molecule has 0 aliphatic heterocycles. The fourth-order valence-corrected chi connectivity index (χ4v) is 2.48. The summed E-state index contributed by atoms with van der Waals surface area (Å²) in [5.74, 6) is 0.489. The highest BCUT2D eigenvalue weighted by Gasteiger charge is 2.15. The molecule has 0 atom stereocenters. The number of hydrogen-bond donors (Lipinski definition) is 1. The van der Waals surface area contributed by atoms with E-state index in [1.807, 2.05) is 19.9 Å². The topological polar surface area (TPSA) is 60.7 Å². The molecule has 5 nitrogen and oxygen atoms in total. The Balaban J connectivity index is 2.24. The average Bonchev–Trinajstić information content (AvgIpc) is 2.83. The Labute approximate surface area is 138 Å². The quantitative estimate of drug-likeness (QED) is 0.755. The maximum Gasteiger partial charge on any atom is 0.251 e. The van der Waals surface area contributed by atoms with Crippen LogP contribution in [0.15, 0.2) is 27.3 Å². The van der Waals surface area contributed by atoms with E-state index in [1.165, 1.54) is 0 Å². The number of ether oxygens (including phenoxy) is 2. The Bertz CT molecular complexity index is 651. The van der Waals surface area contributed by atoms with Gasteiger partial charge in [-0.1, -0.05) is 0 Å².